The van der Waals surface area contributed by atoms with Crippen LogP contribution in [0.2, 0.25) is 10.0 Å². The summed E-state index contributed by atoms with van der Waals surface area (Å²) in [5, 5.41) is 21.0. The Hall–Kier alpha value is -2.44. The summed E-state index contributed by atoms with van der Waals surface area (Å²) < 4.78 is 1.90. The lowest BCUT2D eigenvalue weighted by Gasteiger charge is -2.06. The van der Waals surface area contributed by atoms with Crippen molar-refractivity contribution in [2.45, 2.75) is 12.8 Å². The van der Waals surface area contributed by atoms with Crippen molar-refractivity contribution in [1.29, 1.82) is 0 Å². The van der Waals surface area contributed by atoms with Crippen molar-refractivity contribution in [3.05, 3.63) is 58.0 Å². The second-order valence-electron chi connectivity index (χ2n) is 5.74. The van der Waals surface area contributed by atoms with Gasteiger partial charge >= 0.3 is 0 Å². The highest BCUT2D eigenvalue weighted by Crippen LogP contribution is 2.35. The zero-order valence-corrected chi connectivity index (χ0v) is 14.9. The van der Waals surface area contributed by atoms with Crippen LogP contribution in [0.5, 0.6) is 0 Å². The fraction of sp³-hybridized carbons (Fsp3) is 0.176. The lowest BCUT2D eigenvalue weighted by atomic mass is 10.0. The molecule has 0 saturated carbocycles. The summed E-state index contributed by atoms with van der Waals surface area (Å²) in [6.45, 7) is 0. The molecule has 0 aliphatic carbocycles. The number of rotatable bonds is 4. The maximum absolute atomic E-state index is 6.39. The number of hydrogen-bond donors (Lipinski definition) is 1. The minimum absolute atomic E-state index is 0.611. The second-order valence-corrected chi connectivity index (χ2v) is 6.59. The van der Waals surface area contributed by atoms with E-state index in [1.807, 2.05) is 36.0 Å². The van der Waals surface area contributed by atoms with Gasteiger partial charge in [-0.3, -0.25) is 4.68 Å². The number of tetrazole rings is 1. The predicted octanol–water partition coefficient (Wildman–Crippen LogP) is 3.85. The number of hydrogen-bond acceptors (Lipinski definition) is 4. The van der Waals surface area contributed by atoms with Gasteiger partial charge in [0.1, 0.15) is 11.3 Å². The molecule has 0 aliphatic heterocycles. The van der Waals surface area contributed by atoms with Crippen LogP contribution in [0.15, 0.2) is 36.4 Å². The monoisotopic (exact) mass is 372 g/mol. The van der Waals surface area contributed by atoms with E-state index in [1.165, 1.54) is 0 Å². The quantitative estimate of drug-likeness (QED) is 0.590. The third kappa shape index (κ3) is 2.99. The first kappa shape index (κ1) is 16.1. The molecule has 1 N–H and O–H groups in total. The van der Waals surface area contributed by atoms with E-state index in [4.69, 9.17) is 28.3 Å². The van der Waals surface area contributed by atoms with Crippen LogP contribution in [-0.4, -0.2) is 30.4 Å². The molecule has 0 aliphatic rings. The molecule has 0 spiro atoms. The van der Waals surface area contributed by atoms with Crippen LogP contribution >= 0.6 is 23.2 Å². The van der Waals surface area contributed by atoms with Crippen LogP contribution in [0.4, 0.5) is 0 Å². The highest BCUT2D eigenvalue weighted by molar-refractivity contribution is 6.36. The van der Waals surface area contributed by atoms with E-state index in [0.717, 1.165) is 40.0 Å². The molecule has 0 bridgehead atoms. The standard InChI is InChI=1S/C17H14Cl2N6/c1-25-15(7-8-16-20-23-24-21-16)13-4-2-3-12(17(13)22-25)11-6-5-10(18)9-14(11)19/h2-6,9H,7-8H2,1H3,(H,20,21,23,24). The summed E-state index contributed by atoms with van der Waals surface area (Å²) in [7, 11) is 1.95. The van der Waals surface area contributed by atoms with Gasteiger partial charge in [-0.2, -0.15) is 5.10 Å². The molecule has 126 valence electrons. The van der Waals surface area contributed by atoms with Gasteiger partial charge < -0.3 is 0 Å². The molecule has 4 aromatic rings. The van der Waals surface area contributed by atoms with Crippen LogP contribution < -0.4 is 0 Å². The predicted molar refractivity (Wildman–Crippen MR) is 97.8 cm³/mol. The molecule has 2 aromatic carbocycles. The van der Waals surface area contributed by atoms with E-state index in [-0.39, 0.29) is 0 Å². The molecule has 0 atom stereocenters. The maximum Gasteiger partial charge on any atom is 0.148 e. The van der Waals surface area contributed by atoms with Crippen LogP contribution in [0.1, 0.15) is 11.5 Å². The zero-order valence-electron chi connectivity index (χ0n) is 13.4. The van der Waals surface area contributed by atoms with Crippen LogP contribution in [0.25, 0.3) is 22.0 Å². The van der Waals surface area contributed by atoms with Crippen molar-refractivity contribution in [1.82, 2.24) is 30.4 Å². The number of benzene rings is 2. The van der Waals surface area contributed by atoms with Crippen LogP contribution in [0.3, 0.4) is 0 Å². The van der Waals surface area contributed by atoms with E-state index >= 15 is 0 Å². The smallest absolute Gasteiger partial charge is 0.148 e. The van der Waals surface area contributed by atoms with E-state index < -0.39 is 0 Å². The van der Waals surface area contributed by atoms with Crippen molar-refractivity contribution < 1.29 is 0 Å². The number of H-pyrrole nitrogens is 1. The molecule has 0 amide bonds. The molecule has 4 rings (SSSR count). The first-order valence-corrected chi connectivity index (χ1v) is 8.51. The summed E-state index contributed by atoms with van der Waals surface area (Å²) in [6.07, 6.45) is 1.50. The van der Waals surface area contributed by atoms with E-state index in [9.17, 15) is 0 Å². The number of aromatic nitrogens is 6. The third-order valence-electron chi connectivity index (χ3n) is 4.20. The molecule has 25 heavy (non-hydrogen) atoms. The van der Waals surface area contributed by atoms with E-state index in [1.54, 1.807) is 6.07 Å². The van der Waals surface area contributed by atoms with E-state index in [2.05, 4.69) is 26.7 Å². The van der Waals surface area contributed by atoms with Gasteiger partial charge in [0.05, 0.1) is 0 Å². The van der Waals surface area contributed by atoms with Crippen molar-refractivity contribution in [3.8, 4) is 11.1 Å². The van der Waals surface area contributed by atoms with Gasteiger partial charge in [0, 0.05) is 45.7 Å². The van der Waals surface area contributed by atoms with Gasteiger partial charge in [-0.15, -0.1) is 5.10 Å². The molecule has 0 saturated heterocycles. The number of fused-ring (bicyclic) bond motifs is 1. The van der Waals surface area contributed by atoms with Gasteiger partial charge in [-0.1, -0.05) is 47.5 Å². The first-order chi connectivity index (χ1) is 12.1. The summed E-state index contributed by atoms with van der Waals surface area (Å²) in [5.41, 5.74) is 3.95. The fourth-order valence-electron chi connectivity index (χ4n) is 3.01. The maximum atomic E-state index is 6.39. The normalized spacial score (nSPS) is 11.3. The minimum atomic E-state index is 0.611. The Morgan fingerprint density at radius 2 is 1.96 bits per heavy atom. The topological polar surface area (TPSA) is 72.3 Å². The molecule has 2 heterocycles. The van der Waals surface area contributed by atoms with Crippen molar-refractivity contribution >= 4 is 34.1 Å². The molecule has 0 radical (unpaired) electrons. The number of aromatic amines is 1. The number of aryl methyl sites for hydroxylation is 3. The van der Waals surface area contributed by atoms with Gasteiger partial charge in [-0.25, -0.2) is 5.10 Å². The average molecular weight is 373 g/mol. The number of nitrogens with one attached hydrogen (secondary N) is 1. The summed E-state index contributed by atoms with van der Waals surface area (Å²) >= 11 is 12.4. The molecule has 8 heteroatoms. The number of nitrogens with zero attached hydrogens (tertiary/aromatic N) is 5. The number of halogens is 2. The van der Waals surface area contributed by atoms with Crippen molar-refractivity contribution in [2.24, 2.45) is 7.05 Å². The Kier molecular flexibility index (Phi) is 4.15. The first-order valence-electron chi connectivity index (χ1n) is 7.76. The Bertz CT molecular complexity index is 1040. The zero-order chi connectivity index (χ0) is 17.4. The van der Waals surface area contributed by atoms with Crippen LogP contribution in [-0.2, 0) is 19.9 Å². The highest BCUT2D eigenvalue weighted by atomic mass is 35.5. The molecule has 6 nitrogen and oxygen atoms in total. The average Bonchev–Trinajstić information content (AvgIpc) is 3.20. The largest absolute Gasteiger partial charge is 0.271 e. The van der Waals surface area contributed by atoms with Gasteiger partial charge in [0.25, 0.3) is 0 Å². The lowest BCUT2D eigenvalue weighted by molar-refractivity contribution is 0.703. The Morgan fingerprint density at radius 3 is 2.72 bits per heavy atom. The lowest BCUT2D eigenvalue weighted by Crippen LogP contribution is -2.01. The molecule has 0 fully saturated rings. The van der Waals surface area contributed by atoms with E-state index in [0.29, 0.717) is 16.5 Å². The van der Waals surface area contributed by atoms with Gasteiger partial charge in [0.2, 0.25) is 0 Å². The molecule has 2 aromatic heterocycles. The van der Waals surface area contributed by atoms with Gasteiger partial charge in [-0.05, 0) is 29.0 Å². The Balaban J connectivity index is 1.79. The summed E-state index contributed by atoms with van der Waals surface area (Å²) in [5.74, 6) is 0.756. The van der Waals surface area contributed by atoms with Crippen molar-refractivity contribution in [2.75, 3.05) is 0 Å². The molecule has 0 unspecified atom stereocenters. The molecular weight excluding hydrogens is 359 g/mol. The van der Waals surface area contributed by atoms with Gasteiger partial charge in [0.15, 0.2) is 0 Å². The van der Waals surface area contributed by atoms with Crippen molar-refractivity contribution in [3.63, 3.8) is 0 Å². The fourth-order valence-corrected chi connectivity index (χ4v) is 3.52. The summed E-state index contributed by atoms with van der Waals surface area (Å²) in [6, 6.07) is 11.6. The SMILES string of the molecule is Cn1nc2c(-c3ccc(Cl)cc3Cl)cccc2c1CCc1nnn[nH]1. The minimum Gasteiger partial charge on any atom is -0.271 e. The Morgan fingerprint density at radius 1 is 1.08 bits per heavy atom. The summed E-state index contributed by atoms with van der Waals surface area (Å²) in [4.78, 5) is 0. The second kappa shape index (κ2) is 6.46. The molecular formula is C17H14Cl2N6. The Labute approximate surface area is 153 Å². The highest BCUT2D eigenvalue weighted by Gasteiger charge is 2.15. The third-order valence-corrected chi connectivity index (χ3v) is 4.74. The van der Waals surface area contributed by atoms with Crippen LogP contribution in [0, 0.1) is 0 Å².